The van der Waals surface area contributed by atoms with Crippen molar-refractivity contribution >= 4 is 24.1 Å². The molecule has 25 heavy (non-hydrogen) atoms. The standard InChI is InChI=1S/C19H20N4O2/c1-22-19(14-7-9-15(10-8-14)23-12-25)17(16(20)11-24)18(21)13-5-3-2-4-6-13/h2-12,19,21-22H,20H2,1H3,(H,23,25)/b17-16+,21-18?. The molecular weight excluding hydrogens is 316 g/mol. The number of hydrogen-bond acceptors (Lipinski definition) is 5. The number of benzene rings is 2. The zero-order valence-electron chi connectivity index (χ0n) is 13.8. The molecule has 0 radical (unpaired) electrons. The van der Waals surface area contributed by atoms with Crippen LogP contribution in [0.3, 0.4) is 0 Å². The first-order chi connectivity index (χ1) is 12.1. The van der Waals surface area contributed by atoms with E-state index >= 15 is 0 Å². The molecular formula is C19H20N4O2. The number of nitrogens with one attached hydrogen (secondary N) is 3. The first-order valence-corrected chi connectivity index (χ1v) is 7.69. The van der Waals surface area contributed by atoms with E-state index in [0.717, 1.165) is 5.56 Å². The molecule has 0 saturated heterocycles. The highest BCUT2D eigenvalue weighted by molar-refractivity contribution is 6.13. The summed E-state index contributed by atoms with van der Waals surface area (Å²) in [4.78, 5) is 21.8. The molecule has 0 aromatic heterocycles. The Bertz CT molecular complexity index is 783. The van der Waals surface area contributed by atoms with E-state index in [4.69, 9.17) is 11.1 Å². The van der Waals surface area contributed by atoms with Gasteiger partial charge in [-0.25, -0.2) is 0 Å². The molecule has 0 aliphatic rings. The van der Waals surface area contributed by atoms with Gasteiger partial charge < -0.3 is 16.4 Å². The molecule has 0 saturated carbocycles. The lowest BCUT2D eigenvalue weighted by Gasteiger charge is -2.22. The lowest BCUT2D eigenvalue weighted by atomic mass is 9.90. The molecule has 128 valence electrons. The van der Waals surface area contributed by atoms with Gasteiger partial charge in [0.25, 0.3) is 0 Å². The van der Waals surface area contributed by atoms with E-state index in [9.17, 15) is 9.59 Å². The highest BCUT2D eigenvalue weighted by Gasteiger charge is 2.23. The summed E-state index contributed by atoms with van der Waals surface area (Å²) in [7, 11) is 1.73. The van der Waals surface area contributed by atoms with Gasteiger partial charge in [0.15, 0.2) is 6.29 Å². The van der Waals surface area contributed by atoms with E-state index in [1.165, 1.54) is 0 Å². The third kappa shape index (κ3) is 4.19. The van der Waals surface area contributed by atoms with Crippen LogP contribution < -0.4 is 16.4 Å². The first-order valence-electron chi connectivity index (χ1n) is 7.69. The summed E-state index contributed by atoms with van der Waals surface area (Å²) in [5.41, 5.74) is 8.65. The van der Waals surface area contributed by atoms with Gasteiger partial charge in [0.2, 0.25) is 6.41 Å². The van der Waals surface area contributed by atoms with Crippen molar-refractivity contribution in [1.82, 2.24) is 5.32 Å². The van der Waals surface area contributed by atoms with Gasteiger partial charge in [-0.15, -0.1) is 0 Å². The molecule has 2 aromatic carbocycles. The number of amides is 1. The van der Waals surface area contributed by atoms with Gasteiger partial charge >= 0.3 is 0 Å². The Balaban J connectivity index is 2.46. The van der Waals surface area contributed by atoms with Crippen LogP contribution in [0.25, 0.3) is 0 Å². The molecule has 1 atom stereocenters. The second-order valence-corrected chi connectivity index (χ2v) is 5.33. The third-order valence-electron chi connectivity index (χ3n) is 3.82. The first kappa shape index (κ1) is 18.1. The van der Waals surface area contributed by atoms with Gasteiger partial charge in [0.1, 0.15) is 0 Å². The predicted octanol–water partition coefficient (Wildman–Crippen LogP) is 2.00. The number of carbonyl (C=O) groups excluding carboxylic acids is 2. The Morgan fingerprint density at radius 3 is 2.24 bits per heavy atom. The van der Waals surface area contributed by atoms with Crippen molar-refractivity contribution < 1.29 is 9.59 Å². The monoisotopic (exact) mass is 336 g/mol. The van der Waals surface area contributed by atoms with Gasteiger partial charge in [0.05, 0.1) is 17.5 Å². The van der Waals surface area contributed by atoms with E-state index in [-0.39, 0.29) is 11.4 Å². The Hall–Kier alpha value is -3.25. The minimum Gasteiger partial charge on any atom is -0.396 e. The minimum atomic E-state index is -0.441. The van der Waals surface area contributed by atoms with Crippen molar-refractivity contribution in [2.75, 3.05) is 12.4 Å². The minimum absolute atomic E-state index is 0.00305. The molecule has 0 fully saturated rings. The van der Waals surface area contributed by atoms with Crippen LogP contribution in [0.15, 0.2) is 65.9 Å². The zero-order valence-corrected chi connectivity index (χ0v) is 13.8. The van der Waals surface area contributed by atoms with Gasteiger partial charge in [-0.2, -0.15) is 0 Å². The summed E-state index contributed by atoms with van der Waals surface area (Å²) in [6.07, 6.45) is 1.16. The maximum absolute atomic E-state index is 11.3. The van der Waals surface area contributed by atoms with E-state index in [2.05, 4.69) is 10.6 Å². The topological polar surface area (TPSA) is 108 Å². The average molecular weight is 336 g/mol. The molecule has 6 heteroatoms. The number of nitrogens with two attached hydrogens (primary N) is 1. The van der Waals surface area contributed by atoms with Gasteiger partial charge in [-0.3, -0.25) is 15.0 Å². The molecule has 0 heterocycles. The molecule has 2 rings (SSSR count). The summed E-state index contributed by atoms with van der Waals surface area (Å²) in [5, 5.41) is 14.2. The van der Waals surface area contributed by atoms with Crippen LogP contribution in [0.1, 0.15) is 17.2 Å². The Kier molecular flexibility index (Phi) is 6.20. The number of aldehydes is 1. The van der Waals surface area contributed by atoms with Crippen molar-refractivity contribution in [2.45, 2.75) is 6.04 Å². The van der Waals surface area contributed by atoms with Crippen LogP contribution in [0.2, 0.25) is 0 Å². The van der Waals surface area contributed by atoms with Crippen molar-refractivity contribution in [3.63, 3.8) is 0 Å². The molecule has 0 spiro atoms. The fourth-order valence-corrected chi connectivity index (χ4v) is 2.60. The van der Waals surface area contributed by atoms with Crippen molar-refractivity contribution in [3.05, 3.63) is 77.0 Å². The highest BCUT2D eigenvalue weighted by atomic mass is 16.1. The summed E-state index contributed by atoms with van der Waals surface area (Å²) in [5.74, 6) is 0. The van der Waals surface area contributed by atoms with E-state index in [1.54, 1.807) is 31.3 Å². The molecule has 1 amide bonds. The number of rotatable bonds is 8. The van der Waals surface area contributed by atoms with Gasteiger partial charge in [-0.05, 0) is 30.3 Å². The van der Waals surface area contributed by atoms with Crippen LogP contribution in [-0.2, 0) is 9.59 Å². The number of allylic oxidation sites excluding steroid dienone is 1. The SMILES string of the molecule is CNC(/C(C(=N)c1ccccc1)=C(/N)C=O)c1ccc(NC=O)cc1. The second kappa shape index (κ2) is 8.56. The lowest BCUT2D eigenvalue weighted by Crippen LogP contribution is -2.27. The average Bonchev–Trinajstić information content (AvgIpc) is 2.66. The Labute approximate surface area is 146 Å². The van der Waals surface area contributed by atoms with E-state index < -0.39 is 6.04 Å². The van der Waals surface area contributed by atoms with Crippen LogP contribution in [0.4, 0.5) is 5.69 Å². The quantitative estimate of drug-likeness (QED) is 0.336. The molecule has 6 nitrogen and oxygen atoms in total. The summed E-state index contributed by atoms with van der Waals surface area (Å²) >= 11 is 0. The normalized spacial score (nSPS) is 12.7. The van der Waals surface area contributed by atoms with E-state index in [0.29, 0.717) is 29.5 Å². The van der Waals surface area contributed by atoms with Crippen molar-refractivity contribution in [1.29, 1.82) is 5.41 Å². The lowest BCUT2D eigenvalue weighted by molar-refractivity contribution is -0.106. The smallest absolute Gasteiger partial charge is 0.211 e. The highest BCUT2D eigenvalue weighted by Crippen LogP contribution is 2.27. The largest absolute Gasteiger partial charge is 0.396 e. The Morgan fingerprint density at radius 1 is 1.08 bits per heavy atom. The van der Waals surface area contributed by atoms with E-state index in [1.807, 2.05) is 30.3 Å². The van der Waals surface area contributed by atoms with Crippen LogP contribution in [0.5, 0.6) is 0 Å². The second-order valence-electron chi connectivity index (χ2n) is 5.33. The number of carbonyl (C=O) groups is 2. The van der Waals surface area contributed by atoms with Crippen LogP contribution >= 0.6 is 0 Å². The van der Waals surface area contributed by atoms with Crippen LogP contribution in [0, 0.1) is 5.41 Å². The summed E-state index contributed by atoms with van der Waals surface area (Å²) in [6.45, 7) is 0. The molecule has 0 aliphatic carbocycles. The third-order valence-corrected chi connectivity index (χ3v) is 3.82. The maximum Gasteiger partial charge on any atom is 0.211 e. The fraction of sp³-hybridized carbons (Fsp3) is 0.105. The van der Waals surface area contributed by atoms with Gasteiger partial charge in [0, 0.05) is 11.3 Å². The van der Waals surface area contributed by atoms with Crippen molar-refractivity contribution in [2.24, 2.45) is 5.73 Å². The molecule has 0 aliphatic heterocycles. The maximum atomic E-state index is 11.3. The number of likely N-dealkylation sites (N-methyl/N-ethyl adjacent to an activating group) is 1. The molecule has 5 N–H and O–H groups in total. The molecule has 0 bridgehead atoms. The summed E-state index contributed by atoms with van der Waals surface area (Å²) < 4.78 is 0. The zero-order chi connectivity index (χ0) is 18.2. The number of anilines is 1. The molecule has 1 unspecified atom stereocenters. The summed E-state index contributed by atoms with van der Waals surface area (Å²) in [6, 6.07) is 15.8. The van der Waals surface area contributed by atoms with Crippen LogP contribution in [-0.4, -0.2) is 25.5 Å². The van der Waals surface area contributed by atoms with Gasteiger partial charge in [-0.1, -0.05) is 42.5 Å². The van der Waals surface area contributed by atoms with Crippen molar-refractivity contribution in [3.8, 4) is 0 Å². The fourth-order valence-electron chi connectivity index (χ4n) is 2.60. The Morgan fingerprint density at radius 2 is 1.72 bits per heavy atom. The number of hydrogen-bond donors (Lipinski definition) is 4. The predicted molar refractivity (Wildman–Crippen MR) is 98.5 cm³/mol. The molecule has 2 aromatic rings.